The molecule has 5 heterocycles. The molecule has 148 valence electrons. The third kappa shape index (κ3) is 2.74. The summed E-state index contributed by atoms with van der Waals surface area (Å²) in [5, 5.41) is 14.8. The van der Waals surface area contributed by atoms with Crippen molar-refractivity contribution in [1.82, 2.24) is 34.7 Å². The van der Waals surface area contributed by atoms with Crippen LogP contribution < -0.4 is 10.6 Å². The Balaban J connectivity index is 1.42. The van der Waals surface area contributed by atoms with Crippen molar-refractivity contribution < 1.29 is 4.79 Å². The molecule has 11 heteroatoms. The number of hydrogen-bond donors (Lipinski definition) is 2. The summed E-state index contributed by atoms with van der Waals surface area (Å²) in [6, 6.07) is 4.19. The van der Waals surface area contributed by atoms with Gasteiger partial charge < -0.3 is 15.6 Å². The van der Waals surface area contributed by atoms with Crippen molar-refractivity contribution in [2.24, 2.45) is 5.73 Å². The van der Waals surface area contributed by atoms with Crippen molar-refractivity contribution in [3.8, 4) is 17.3 Å². The molecule has 0 saturated carbocycles. The van der Waals surface area contributed by atoms with E-state index in [0.29, 0.717) is 25.3 Å². The maximum absolute atomic E-state index is 11.2. The minimum Gasteiger partial charge on any atom is -0.364 e. The van der Waals surface area contributed by atoms with Crippen LogP contribution in [0.25, 0.3) is 22.3 Å². The van der Waals surface area contributed by atoms with Crippen LogP contribution in [0.1, 0.15) is 16.9 Å². The molecular formula is C19H16N10O. The van der Waals surface area contributed by atoms with E-state index in [9.17, 15) is 10.1 Å². The minimum atomic E-state index is -0.623. The molecule has 0 aromatic carbocycles. The number of carbonyl (C=O) groups is 1. The van der Waals surface area contributed by atoms with Crippen LogP contribution in [0.2, 0.25) is 0 Å². The van der Waals surface area contributed by atoms with Gasteiger partial charge >= 0.3 is 0 Å². The fourth-order valence-corrected chi connectivity index (χ4v) is 3.73. The highest BCUT2D eigenvalue weighted by atomic mass is 16.1. The average molecular weight is 400 g/mol. The van der Waals surface area contributed by atoms with Crippen molar-refractivity contribution in [3.05, 3.63) is 49.1 Å². The fourth-order valence-electron chi connectivity index (χ4n) is 3.73. The number of amides is 1. The van der Waals surface area contributed by atoms with Crippen LogP contribution in [-0.4, -0.2) is 53.7 Å². The lowest BCUT2D eigenvalue weighted by Gasteiger charge is -2.49. The molecule has 0 radical (unpaired) electrons. The van der Waals surface area contributed by atoms with Crippen molar-refractivity contribution in [2.75, 3.05) is 18.0 Å². The minimum absolute atomic E-state index is 0.111. The number of nitrogens with zero attached hydrogens (tertiary/aromatic N) is 8. The molecule has 1 amide bonds. The summed E-state index contributed by atoms with van der Waals surface area (Å²) in [5.41, 5.74) is 7.22. The lowest BCUT2D eigenvalue weighted by atomic mass is 9.87. The third-order valence-electron chi connectivity index (χ3n) is 5.29. The fraction of sp³-hybridized carbons (Fsp3) is 0.211. The zero-order valence-electron chi connectivity index (χ0n) is 15.7. The Kier molecular flexibility index (Phi) is 3.92. The second-order valence-corrected chi connectivity index (χ2v) is 7.18. The van der Waals surface area contributed by atoms with E-state index in [1.807, 2.05) is 28.0 Å². The van der Waals surface area contributed by atoms with E-state index in [1.165, 1.54) is 18.7 Å². The molecule has 1 aliphatic rings. The predicted octanol–water partition coefficient (Wildman–Crippen LogP) is 0.839. The van der Waals surface area contributed by atoms with Gasteiger partial charge in [0.2, 0.25) is 0 Å². The molecule has 5 rings (SSSR count). The van der Waals surface area contributed by atoms with Crippen LogP contribution in [0.5, 0.6) is 0 Å². The zero-order chi connectivity index (χ0) is 20.7. The topological polar surface area (TPSA) is 155 Å². The van der Waals surface area contributed by atoms with Gasteiger partial charge in [-0.25, -0.2) is 19.9 Å². The molecule has 1 fully saturated rings. The first-order valence-corrected chi connectivity index (χ1v) is 9.17. The largest absolute Gasteiger partial charge is 0.364 e. The first-order chi connectivity index (χ1) is 14.6. The van der Waals surface area contributed by atoms with Crippen LogP contribution in [-0.2, 0) is 5.54 Å². The van der Waals surface area contributed by atoms with Gasteiger partial charge in [0.15, 0.2) is 0 Å². The number of hydrogen-bond acceptors (Lipinski definition) is 8. The maximum atomic E-state index is 11.2. The van der Waals surface area contributed by atoms with Gasteiger partial charge in [0.1, 0.15) is 29.0 Å². The number of aromatic amines is 1. The van der Waals surface area contributed by atoms with Crippen molar-refractivity contribution >= 4 is 22.8 Å². The van der Waals surface area contributed by atoms with Gasteiger partial charge in [-0.15, -0.1) is 0 Å². The summed E-state index contributed by atoms with van der Waals surface area (Å²) in [4.78, 5) is 33.1. The van der Waals surface area contributed by atoms with E-state index >= 15 is 0 Å². The molecule has 4 aromatic rings. The van der Waals surface area contributed by atoms with Crippen molar-refractivity contribution in [3.63, 3.8) is 0 Å². The molecule has 0 atom stereocenters. The number of nitrogens with one attached hydrogen (secondary N) is 1. The lowest BCUT2D eigenvalue weighted by molar-refractivity contribution is 0.0995. The third-order valence-corrected chi connectivity index (χ3v) is 5.29. The number of aromatic nitrogens is 7. The monoisotopic (exact) mass is 400 g/mol. The number of carbonyl (C=O) groups excluding carboxylic acids is 1. The van der Waals surface area contributed by atoms with Gasteiger partial charge in [0, 0.05) is 36.4 Å². The normalized spacial score (nSPS) is 15.0. The Hall–Kier alpha value is -4.33. The number of nitriles is 1. The number of primary amides is 1. The van der Waals surface area contributed by atoms with E-state index in [0.717, 1.165) is 22.3 Å². The molecule has 30 heavy (non-hydrogen) atoms. The van der Waals surface area contributed by atoms with Crippen LogP contribution in [0.4, 0.5) is 5.82 Å². The SMILES string of the molecule is N#CCC1(n2cc(-c3ncnc4[nH]ccc34)cn2)CN(c2cnc(C(N)=O)cn2)C1. The van der Waals surface area contributed by atoms with E-state index in [4.69, 9.17) is 5.73 Å². The summed E-state index contributed by atoms with van der Waals surface area (Å²) in [6.07, 6.45) is 10.1. The summed E-state index contributed by atoms with van der Waals surface area (Å²) >= 11 is 0. The van der Waals surface area contributed by atoms with Gasteiger partial charge in [0.05, 0.1) is 36.8 Å². The zero-order valence-corrected chi connectivity index (χ0v) is 15.7. The number of H-pyrrole nitrogens is 1. The van der Waals surface area contributed by atoms with E-state index in [-0.39, 0.29) is 5.69 Å². The summed E-state index contributed by atoms with van der Waals surface area (Å²) in [7, 11) is 0. The lowest BCUT2D eigenvalue weighted by Crippen LogP contribution is -2.63. The van der Waals surface area contributed by atoms with Gasteiger partial charge in [-0.1, -0.05) is 0 Å². The van der Waals surface area contributed by atoms with Gasteiger partial charge in [-0.2, -0.15) is 10.4 Å². The molecule has 1 aliphatic heterocycles. The van der Waals surface area contributed by atoms with Gasteiger partial charge in [-0.3, -0.25) is 9.48 Å². The molecular weight excluding hydrogens is 384 g/mol. The second-order valence-electron chi connectivity index (χ2n) is 7.18. The standard InChI is InChI=1S/C19H16N10O/c20-3-2-19(9-28(10-19)15-7-23-14(6-24-15)17(21)30)29-8-12(5-27-29)16-13-1-4-22-18(13)26-11-25-16/h1,4-8,11H,2,9-10H2,(H2,21,30)(H,22,25,26). The molecule has 3 N–H and O–H groups in total. The maximum Gasteiger partial charge on any atom is 0.268 e. The molecule has 0 unspecified atom stereocenters. The summed E-state index contributed by atoms with van der Waals surface area (Å²) in [6.45, 7) is 1.07. The van der Waals surface area contributed by atoms with Gasteiger partial charge in [0.25, 0.3) is 5.91 Å². The Bertz CT molecular complexity index is 1280. The molecule has 1 saturated heterocycles. The first-order valence-electron chi connectivity index (χ1n) is 9.17. The highest BCUT2D eigenvalue weighted by molar-refractivity contribution is 5.90. The van der Waals surface area contributed by atoms with E-state index in [2.05, 4.69) is 36.1 Å². The van der Waals surface area contributed by atoms with Crippen LogP contribution in [0.3, 0.4) is 0 Å². The van der Waals surface area contributed by atoms with E-state index in [1.54, 1.807) is 6.20 Å². The number of rotatable bonds is 5. The Labute approximate surface area is 170 Å². The number of nitrogens with two attached hydrogens (primary N) is 1. The molecule has 11 nitrogen and oxygen atoms in total. The van der Waals surface area contributed by atoms with Crippen molar-refractivity contribution in [2.45, 2.75) is 12.0 Å². The number of anilines is 1. The number of fused-ring (bicyclic) bond motifs is 1. The molecule has 0 spiro atoms. The van der Waals surface area contributed by atoms with E-state index < -0.39 is 11.4 Å². The highest BCUT2D eigenvalue weighted by Crippen LogP contribution is 2.36. The molecule has 0 aliphatic carbocycles. The Morgan fingerprint density at radius 3 is 2.83 bits per heavy atom. The van der Waals surface area contributed by atoms with Crippen LogP contribution in [0, 0.1) is 11.3 Å². The van der Waals surface area contributed by atoms with Crippen molar-refractivity contribution in [1.29, 1.82) is 5.26 Å². The summed E-state index contributed by atoms with van der Waals surface area (Å²) in [5.74, 6) is -0.00687. The van der Waals surface area contributed by atoms with Crippen LogP contribution in [0.15, 0.2) is 43.4 Å². The smallest absolute Gasteiger partial charge is 0.268 e. The second kappa shape index (κ2) is 6.63. The highest BCUT2D eigenvalue weighted by Gasteiger charge is 2.46. The Morgan fingerprint density at radius 2 is 2.10 bits per heavy atom. The molecule has 0 bridgehead atoms. The van der Waals surface area contributed by atoms with Gasteiger partial charge in [-0.05, 0) is 6.07 Å². The quantitative estimate of drug-likeness (QED) is 0.499. The van der Waals surface area contributed by atoms with Crippen LogP contribution >= 0.6 is 0 Å². The molecule has 4 aromatic heterocycles. The average Bonchev–Trinajstić information content (AvgIpc) is 3.40. The Morgan fingerprint density at radius 1 is 1.23 bits per heavy atom. The predicted molar refractivity (Wildman–Crippen MR) is 106 cm³/mol. The first kappa shape index (κ1) is 17.7. The summed E-state index contributed by atoms with van der Waals surface area (Å²) < 4.78 is 1.83.